The normalized spacial score (nSPS) is 17.7. The predicted octanol–water partition coefficient (Wildman–Crippen LogP) is 3.86. The molecule has 1 aliphatic rings. The van der Waals surface area contributed by atoms with Gasteiger partial charge in [-0.2, -0.15) is 0 Å². The molecule has 0 aromatic carbocycles. The summed E-state index contributed by atoms with van der Waals surface area (Å²) in [6.45, 7) is 4.05. The topological polar surface area (TPSA) is 62.2 Å². The quantitative estimate of drug-likeness (QED) is 0.857. The molecule has 1 aromatic rings. The van der Waals surface area contributed by atoms with Crippen LogP contribution in [0, 0.1) is 12.8 Å². The van der Waals surface area contributed by atoms with Crippen molar-refractivity contribution < 1.29 is 9.90 Å². The van der Waals surface area contributed by atoms with Crippen molar-refractivity contribution in [3.63, 3.8) is 0 Å². The van der Waals surface area contributed by atoms with Crippen molar-refractivity contribution in [1.82, 2.24) is 4.98 Å². The number of nitrogens with one attached hydrogen (secondary N) is 1. The smallest absolute Gasteiger partial charge is 0.339 e. The number of carboxylic acid groups (broad SMARTS) is 1. The van der Waals surface area contributed by atoms with E-state index in [1.807, 2.05) is 13.0 Å². The van der Waals surface area contributed by atoms with E-state index in [9.17, 15) is 9.90 Å². The highest BCUT2D eigenvalue weighted by Crippen LogP contribution is 2.30. The maximum absolute atomic E-state index is 11.3. The van der Waals surface area contributed by atoms with Gasteiger partial charge in [-0.1, -0.05) is 26.2 Å². The van der Waals surface area contributed by atoms with Gasteiger partial charge in [-0.05, 0) is 38.2 Å². The van der Waals surface area contributed by atoms with Gasteiger partial charge in [-0.15, -0.1) is 0 Å². The van der Waals surface area contributed by atoms with Crippen LogP contribution in [0.15, 0.2) is 12.3 Å². The first-order valence-electron chi connectivity index (χ1n) is 7.58. The van der Waals surface area contributed by atoms with Gasteiger partial charge in [0.2, 0.25) is 0 Å². The lowest BCUT2D eigenvalue weighted by Gasteiger charge is -2.31. The number of aromatic nitrogens is 1. The highest BCUT2D eigenvalue weighted by Gasteiger charge is 2.23. The Balaban J connectivity index is 2.17. The Morgan fingerprint density at radius 3 is 2.75 bits per heavy atom. The maximum atomic E-state index is 11.3. The van der Waals surface area contributed by atoms with Gasteiger partial charge in [0, 0.05) is 17.9 Å². The van der Waals surface area contributed by atoms with Crippen molar-refractivity contribution in [2.45, 2.75) is 58.4 Å². The molecule has 0 amide bonds. The predicted molar refractivity (Wildman–Crippen MR) is 80.2 cm³/mol. The molecule has 0 aliphatic heterocycles. The lowest BCUT2D eigenvalue weighted by Crippen LogP contribution is -2.30. The highest BCUT2D eigenvalue weighted by atomic mass is 16.4. The second-order valence-corrected chi connectivity index (χ2v) is 5.73. The number of rotatable bonds is 5. The summed E-state index contributed by atoms with van der Waals surface area (Å²) < 4.78 is 0. The van der Waals surface area contributed by atoms with E-state index in [2.05, 4.69) is 17.2 Å². The third-order valence-corrected chi connectivity index (χ3v) is 4.27. The first-order chi connectivity index (χ1) is 9.61. The molecule has 0 saturated heterocycles. The maximum Gasteiger partial charge on any atom is 0.339 e. The number of pyridine rings is 1. The van der Waals surface area contributed by atoms with Crippen molar-refractivity contribution in [2.24, 2.45) is 5.92 Å². The third kappa shape index (κ3) is 3.50. The van der Waals surface area contributed by atoms with E-state index in [1.165, 1.54) is 38.3 Å². The van der Waals surface area contributed by atoms with E-state index in [4.69, 9.17) is 0 Å². The van der Waals surface area contributed by atoms with Gasteiger partial charge in [-0.25, -0.2) is 4.79 Å². The molecule has 4 nitrogen and oxygen atoms in total. The molecule has 1 fully saturated rings. The number of carbonyl (C=O) groups is 1. The van der Waals surface area contributed by atoms with Crippen molar-refractivity contribution in [2.75, 3.05) is 5.32 Å². The zero-order valence-electron chi connectivity index (χ0n) is 12.4. The molecule has 1 unspecified atom stereocenters. The number of hydrogen-bond acceptors (Lipinski definition) is 3. The molecule has 2 rings (SSSR count). The minimum atomic E-state index is -0.918. The van der Waals surface area contributed by atoms with Crippen LogP contribution in [0.3, 0.4) is 0 Å². The molecular weight excluding hydrogens is 252 g/mol. The molecule has 4 heteroatoms. The molecule has 1 saturated carbocycles. The summed E-state index contributed by atoms with van der Waals surface area (Å²) >= 11 is 0. The molecule has 20 heavy (non-hydrogen) atoms. The first kappa shape index (κ1) is 14.8. The molecule has 2 N–H and O–H groups in total. The summed E-state index contributed by atoms with van der Waals surface area (Å²) in [7, 11) is 0. The van der Waals surface area contributed by atoms with Crippen LogP contribution in [-0.2, 0) is 0 Å². The van der Waals surface area contributed by atoms with Gasteiger partial charge in [0.25, 0.3) is 0 Å². The zero-order chi connectivity index (χ0) is 14.5. The fourth-order valence-corrected chi connectivity index (χ4v) is 3.14. The van der Waals surface area contributed by atoms with E-state index in [1.54, 1.807) is 0 Å². The summed E-state index contributed by atoms with van der Waals surface area (Å²) in [5, 5.41) is 12.7. The minimum Gasteiger partial charge on any atom is -0.478 e. The Morgan fingerprint density at radius 1 is 1.45 bits per heavy atom. The second-order valence-electron chi connectivity index (χ2n) is 5.73. The van der Waals surface area contributed by atoms with Crippen LogP contribution in [0.2, 0.25) is 0 Å². The molecular formula is C16H24N2O2. The molecule has 110 valence electrons. The average Bonchev–Trinajstić information content (AvgIpc) is 2.45. The summed E-state index contributed by atoms with van der Waals surface area (Å²) in [6, 6.07) is 2.20. The van der Waals surface area contributed by atoms with E-state index in [0.29, 0.717) is 17.6 Å². The fraction of sp³-hybridized carbons (Fsp3) is 0.625. The molecule has 1 atom stereocenters. The SMILES string of the molecule is CCC(Nc1cc(C)ncc1C(=O)O)C1CCCCC1. The van der Waals surface area contributed by atoms with Crippen molar-refractivity contribution in [1.29, 1.82) is 0 Å². The lowest BCUT2D eigenvalue weighted by atomic mass is 9.83. The van der Waals surface area contributed by atoms with Gasteiger partial charge in [0.1, 0.15) is 5.56 Å². The van der Waals surface area contributed by atoms with Crippen LogP contribution in [0.1, 0.15) is 61.5 Å². The van der Waals surface area contributed by atoms with Crippen LogP contribution in [0.5, 0.6) is 0 Å². The number of aryl methyl sites for hydroxylation is 1. The number of anilines is 1. The van der Waals surface area contributed by atoms with Crippen LogP contribution in [-0.4, -0.2) is 22.1 Å². The summed E-state index contributed by atoms with van der Waals surface area (Å²) in [4.78, 5) is 15.4. The fourth-order valence-electron chi connectivity index (χ4n) is 3.14. The highest BCUT2D eigenvalue weighted by molar-refractivity contribution is 5.93. The molecule has 0 radical (unpaired) electrons. The third-order valence-electron chi connectivity index (χ3n) is 4.27. The summed E-state index contributed by atoms with van der Waals surface area (Å²) in [6.07, 6.45) is 8.89. The Kier molecular flexibility index (Phi) is 4.99. The Hall–Kier alpha value is -1.58. The van der Waals surface area contributed by atoms with Crippen LogP contribution >= 0.6 is 0 Å². The number of nitrogens with zero attached hydrogens (tertiary/aromatic N) is 1. The number of aromatic carboxylic acids is 1. The minimum absolute atomic E-state index is 0.268. The van der Waals surface area contributed by atoms with E-state index in [0.717, 1.165) is 12.1 Å². The van der Waals surface area contributed by atoms with Crippen LogP contribution in [0.25, 0.3) is 0 Å². The van der Waals surface area contributed by atoms with Crippen molar-refractivity contribution >= 4 is 11.7 Å². The Bertz CT molecular complexity index is 468. The van der Waals surface area contributed by atoms with Crippen LogP contribution < -0.4 is 5.32 Å². The van der Waals surface area contributed by atoms with Gasteiger partial charge >= 0.3 is 5.97 Å². The van der Waals surface area contributed by atoms with Crippen molar-refractivity contribution in [3.05, 3.63) is 23.5 Å². The molecule has 0 spiro atoms. The van der Waals surface area contributed by atoms with Crippen molar-refractivity contribution in [3.8, 4) is 0 Å². The second kappa shape index (κ2) is 6.73. The number of hydrogen-bond donors (Lipinski definition) is 2. The molecule has 1 aliphatic carbocycles. The molecule has 1 heterocycles. The van der Waals surface area contributed by atoms with Gasteiger partial charge in [0.05, 0.1) is 5.69 Å². The largest absolute Gasteiger partial charge is 0.478 e. The summed E-state index contributed by atoms with van der Waals surface area (Å²) in [5.41, 5.74) is 1.82. The lowest BCUT2D eigenvalue weighted by molar-refractivity contribution is 0.0697. The first-order valence-corrected chi connectivity index (χ1v) is 7.58. The zero-order valence-corrected chi connectivity index (χ0v) is 12.4. The van der Waals surface area contributed by atoms with Gasteiger partial charge < -0.3 is 10.4 Å². The molecule has 1 aromatic heterocycles. The van der Waals surface area contributed by atoms with Gasteiger partial charge in [-0.3, -0.25) is 4.98 Å². The number of carboxylic acids is 1. The Morgan fingerprint density at radius 2 is 2.15 bits per heavy atom. The Labute approximate surface area is 120 Å². The average molecular weight is 276 g/mol. The van der Waals surface area contributed by atoms with E-state index in [-0.39, 0.29) is 5.56 Å². The molecule has 0 bridgehead atoms. The standard InChI is InChI=1S/C16H24N2O2/c1-3-14(12-7-5-4-6-8-12)18-15-9-11(2)17-10-13(15)16(19)20/h9-10,12,14H,3-8H2,1-2H3,(H,17,18)(H,19,20). The van der Waals surface area contributed by atoms with E-state index < -0.39 is 5.97 Å². The van der Waals surface area contributed by atoms with Crippen LogP contribution in [0.4, 0.5) is 5.69 Å². The summed E-state index contributed by atoms with van der Waals surface area (Å²) in [5.74, 6) is -0.262. The van der Waals surface area contributed by atoms with Gasteiger partial charge in [0.15, 0.2) is 0 Å². The monoisotopic (exact) mass is 276 g/mol. The van der Waals surface area contributed by atoms with E-state index >= 15 is 0 Å².